The zero-order valence-electron chi connectivity index (χ0n) is 24.5. The fourth-order valence-corrected chi connectivity index (χ4v) is 5.58. The van der Waals surface area contributed by atoms with Crippen molar-refractivity contribution in [3.8, 4) is 11.5 Å². The first kappa shape index (κ1) is 31.5. The van der Waals surface area contributed by atoms with Crippen molar-refractivity contribution in [1.82, 2.24) is 10.2 Å². The van der Waals surface area contributed by atoms with Crippen molar-refractivity contribution in [3.05, 3.63) is 83.9 Å². The van der Waals surface area contributed by atoms with E-state index in [2.05, 4.69) is 5.32 Å². The van der Waals surface area contributed by atoms with E-state index >= 15 is 0 Å². The van der Waals surface area contributed by atoms with Crippen LogP contribution in [0.2, 0.25) is 0 Å². The number of nitrogens with zero attached hydrogens (tertiary/aromatic N) is 2. The average Bonchev–Trinajstić information content (AvgIpc) is 2.97. The smallest absolute Gasteiger partial charge is 0.264 e. The van der Waals surface area contributed by atoms with Gasteiger partial charge in [0.05, 0.1) is 24.8 Å². The topological polar surface area (TPSA) is 105 Å². The third-order valence-corrected chi connectivity index (χ3v) is 8.36. The van der Waals surface area contributed by atoms with E-state index in [0.717, 1.165) is 15.4 Å². The number of carbonyl (C=O) groups is 2. The first-order valence-electron chi connectivity index (χ1n) is 13.4. The Labute approximate surface area is 243 Å². The molecule has 3 aromatic carbocycles. The summed E-state index contributed by atoms with van der Waals surface area (Å²) in [6, 6.07) is 19.5. The van der Waals surface area contributed by atoms with Gasteiger partial charge in [0.25, 0.3) is 10.0 Å². The molecule has 0 unspecified atom stereocenters. The summed E-state index contributed by atoms with van der Waals surface area (Å²) in [6.07, 6.45) is 0. The lowest BCUT2D eigenvalue weighted by Crippen LogP contribution is -2.51. The zero-order chi connectivity index (χ0) is 30.2. The second kappa shape index (κ2) is 14.0. The lowest BCUT2D eigenvalue weighted by Gasteiger charge is -2.32. The van der Waals surface area contributed by atoms with Crippen molar-refractivity contribution >= 4 is 27.5 Å². The minimum absolute atomic E-state index is 0.0698. The van der Waals surface area contributed by atoms with Crippen LogP contribution in [0, 0.1) is 12.8 Å². The van der Waals surface area contributed by atoms with Crippen LogP contribution < -0.4 is 19.1 Å². The maximum atomic E-state index is 14.0. The van der Waals surface area contributed by atoms with Crippen LogP contribution in [-0.2, 0) is 26.2 Å². The fraction of sp³-hybridized carbons (Fsp3) is 0.355. The number of methoxy groups -OCH3 is 2. The highest BCUT2D eigenvalue weighted by Gasteiger charge is 2.33. The minimum atomic E-state index is -4.24. The van der Waals surface area contributed by atoms with E-state index in [1.165, 1.54) is 37.3 Å². The third kappa shape index (κ3) is 8.00. The van der Waals surface area contributed by atoms with Gasteiger partial charge in [0.15, 0.2) is 11.5 Å². The lowest BCUT2D eigenvalue weighted by molar-refractivity contribution is -0.139. The molecule has 1 atom stereocenters. The molecule has 3 rings (SSSR count). The number of ether oxygens (including phenoxy) is 2. The Bertz CT molecular complexity index is 1430. The lowest BCUT2D eigenvalue weighted by atomic mass is 10.1. The summed E-state index contributed by atoms with van der Waals surface area (Å²) < 4.78 is 39.7. The largest absolute Gasteiger partial charge is 0.493 e. The monoisotopic (exact) mass is 581 g/mol. The minimum Gasteiger partial charge on any atom is -0.493 e. The number of amides is 2. The molecule has 2 amide bonds. The van der Waals surface area contributed by atoms with Crippen molar-refractivity contribution < 1.29 is 27.5 Å². The number of para-hydroxylation sites is 1. The summed E-state index contributed by atoms with van der Waals surface area (Å²) in [6.45, 7) is 7.65. The number of hydrogen-bond acceptors (Lipinski definition) is 6. The highest BCUT2D eigenvalue weighted by molar-refractivity contribution is 7.92. The molecule has 1 N–H and O–H groups in total. The van der Waals surface area contributed by atoms with E-state index in [1.54, 1.807) is 37.3 Å². The number of aryl methyl sites for hydroxylation is 1. The molecule has 0 aliphatic rings. The van der Waals surface area contributed by atoms with Crippen LogP contribution in [0.5, 0.6) is 11.5 Å². The van der Waals surface area contributed by atoms with Crippen LogP contribution in [-0.4, -0.2) is 58.5 Å². The molecular formula is C31H39N3O6S. The fourth-order valence-electron chi connectivity index (χ4n) is 4.15. The summed E-state index contributed by atoms with van der Waals surface area (Å²) in [5.41, 5.74) is 2.19. The molecule has 9 nitrogen and oxygen atoms in total. The molecule has 0 aromatic heterocycles. The van der Waals surface area contributed by atoms with Crippen LogP contribution in [0.4, 0.5) is 5.69 Å². The molecule has 0 radical (unpaired) electrons. The Morgan fingerprint density at radius 3 is 2.10 bits per heavy atom. The summed E-state index contributed by atoms with van der Waals surface area (Å²) >= 11 is 0. The molecular weight excluding hydrogens is 542 g/mol. The molecule has 10 heteroatoms. The molecule has 0 fully saturated rings. The number of benzene rings is 3. The predicted octanol–water partition coefficient (Wildman–Crippen LogP) is 4.40. The van der Waals surface area contributed by atoms with E-state index in [-0.39, 0.29) is 29.0 Å². The Morgan fingerprint density at radius 1 is 0.878 bits per heavy atom. The molecule has 220 valence electrons. The van der Waals surface area contributed by atoms with Crippen LogP contribution in [0.1, 0.15) is 31.9 Å². The van der Waals surface area contributed by atoms with Gasteiger partial charge in [-0.1, -0.05) is 61.9 Å². The highest BCUT2D eigenvalue weighted by atomic mass is 32.2. The maximum absolute atomic E-state index is 14.0. The number of carbonyl (C=O) groups excluding carboxylic acids is 2. The highest BCUT2D eigenvalue weighted by Crippen LogP contribution is 2.32. The van der Waals surface area contributed by atoms with Crippen molar-refractivity contribution in [2.24, 2.45) is 5.92 Å². The summed E-state index contributed by atoms with van der Waals surface area (Å²) in [4.78, 5) is 28.4. The SMILES string of the molecule is COc1ccc(S(=O)(=O)N(CC(=O)N(Cc2ccc(C)cc2)[C@@H](C)C(=O)NCC(C)C)c2ccccc2)cc1OC. The molecule has 41 heavy (non-hydrogen) atoms. The van der Waals surface area contributed by atoms with Crippen molar-refractivity contribution in [2.75, 3.05) is 31.6 Å². The second-order valence-electron chi connectivity index (χ2n) is 10.2. The quantitative estimate of drug-likeness (QED) is 0.321. The van der Waals surface area contributed by atoms with Gasteiger partial charge in [0.1, 0.15) is 12.6 Å². The van der Waals surface area contributed by atoms with E-state index in [0.29, 0.717) is 18.0 Å². The van der Waals surface area contributed by atoms with E-state index in [9.17, 15) is 18.0 Å². The standard InChI is InChI=1S/C31H39N3O6S/c1-22(2)19-32-31(36)24(4)33(20-25-14-12-23(3)13-15-25)30(35)21-34(26-10-8-7-9-11-26)41(37,38)27-16-17-28(39-5)29(18-27)40-6/h7-18,22,24H,19-21H2,1-6H3,(H,32,36)/t24-/m0/s1. The molecule has 0 saturated heterocycles. The van der Waals surface area contributed by atoms with Crippen LogP contribution in [0.3, 0.4) is 0 Å². The van der Waals surface area contributed by atoms with E-state index in [1.807, 2.05) is 45.0 Å². The van der Waals surface area contributed by atoms with Crippen molar-refractivity contribution in [3.63, 3.8) is 0 Å². The summed E-state index contributed by atoms with van der Waals surface area (Å²) in [7, 11) is -1.36. The van der Waals surface area contributed by atoms with Gasteiger partial charge in [-0.3, -0.25) is 13.9 Å². The first-order valence-corrected chi connectivity index (χ1v) is 14.8. The Morgan fingerprint density at radius 2 is 1.51 bits per heavy atom. The van der Waals surface area contributed by atoms with E-state index in [4.69, 9.17) is 9.47 Å². The normalized spacial score (nSPS) is 12.0. The van der Waals surface area contributed by atoms with E-state index < -0.39 is 28.5 Å². The van der Waals surface area contributed by atoms with Gasteiger partial charge in [-0.2, -0.15) is 0 Å². The van der Waals surface area contributed by atoms with Crippen LogP contribution >= 0.6 is 0 Å². The molecule has 0 heterocycles. The van der Waals surface area contributed by atoms with Gasteiger partial charge in [-0.25, -0.2) is 8.42 Å². The number of nitrogens with one attached hydrogen (secondary N) is 1. The molecule has 3 aromatic rings. The van der Waals surface area contributed by atoms with Crippen molar-refractivity contribution in [2.45, 2.75) is 45.2 Å². The number of sulfonamides is 1. The van der Waals surface area contributed by atoms with Gasteiger partial charge in [-0.05, 0) is 49.6 Å². The van der Waals surface area contributed by atoms with Crippen molar-refractivity contribution in [1.29, 1.82) is 0 Å². The van der Waals surface area contributed by atoms with Crippen LogP contribution in [0.25, 0.3) is 0 Å². The average molecular weight is 582 g/mol. The Hall–Kier alpha value is -4.05. The zero-order valence-corrected chi connectivity index (χ0v) is 25.3. The van der Waals surface area contributed by atoms with Gasteiger partial charge in [0.2, 0.25) is 11.8 Å². The second-order valence-corrected chi connectivity index (χ2v) is 12.0. The maximum Gasteiger partial charge on any atom is 0.264 e. The van der Waals surface area contributed by atoms with Gasteiger partial charge >= 0.3 is 0 Å². The molecule has 0 saturated carbocycles. The van der Waals surface area contributed by atoms with Gasteiger partial charge < -0.3 is 19.7 Å². The van der Waals surface area contributed by atoms with Crippen LogP contribution in [0.15, 0.2) is 77.7 Å². The molecule has 0 aliphatic carbocycles. The third-order valence-electron chi connectivity index (χ3n) is 6.59. The molecule has 0 bridgehead atoms. The Kier molecular flexibility index (Phi) is 10.8. The molecule has 0 aliphatic heterocycles. The van der Waals surface area contributed by atoms with Gasteiger partial charge in [-0.15, -0.1) is 0 Å². The predicted molar refractivity (Wildman–Crippen MR) is 160 cm³/mol. The molecule has 0 spiro atoms. The summed E-state index contributed by atoms with van der Waals surface area (Å²) in [5.74, 6) is 0.00935. The number of anilines is 1. The number of rotatable bonds is 13. The number of hydrogen-bond donors (Lipinski definition) is 1. The first-order chi connectivity index (χ1) is 19.5. The van der Waals surface area contributed by atoms with Gasteiger partial charge in [0, 0.05) is 19.2 Å². The summed E-state index contributed by atoms with van der Waals surface area (Å²) in [5, 5.41) is 2.89. The Balaban J connectivity index is 2.02.